The molecule has 4 rings (SSSR count). The molecule has 1 fully saturated rings. The van der Waals surface area contributed by atoms with Crippen molar-refractivity contribution in [3.05, 3.63) is 29.7 Å². The van der Waals surface area contributed by atoms with E-state index in [1.165, 1.54) is 0 Å². The maximum atomic E-state index is 11.5. The third-order valence-corrected chi connectivity index (χ3v) is 5.49. The molecule has 0 radical (unpaired) electrons. The molecule has 25 heavy (non-hydrogen) atoms. The Balaban J connectivity index is 1.73. The van der Waals surface area contributed by atoms with Gasteiger partial charge < -0.3 is 4.90 Å². The van der Waals surface area contributed by atoms with E-state index < -0.39 is 5.54 Å². The second-order valence-corrected chi connectivity index (χ2v) is 7.28. The molecule has 0 aromatic carbocycles. The summed E-state index contributed by atoms with van der Waals surface area (Å²) >= 11 is 1.60. The monoisotopic (exact) mass is 352 g/mol. The van der Waals surface area contributed by atoms with Gasteiger partial charge in [0.25, 0.3) is 0 Å². The number of thiophene rings is 1. The first-order valence-corrected chi connectivity index (χ1v) is 8.80. The van der Waals surface area contributed by atoms with E-state index in [1.54, 1.807) is 29.4 Å². The van der Waals surface area contributed by atoms with Crippen molar-refractivity contribution >= 4 is 27.5 Å². The first kappa shape index (κ1) is 15.7. The average molecular weight is 352 g/mol. The lowest BCUT2D eigenvalue weighted by atomic mass is 9.87. The first-order valence-electron chi connectivity index (χ1n) is 7.92. The molecule has 3 aromatic heterocycles. The zero-order valence-corrected chi connectivity index (χ0v) is 14.7. The second kappa shape index (κ2) is 5.63. The molecule has 0 atom stereocenters. The molecule has 3 aromatic rings. The smallest absolute Gasteiger partial charge is 0.219 e. The van der Waals surface area contributed by atoms with Gasteiger partial charge in [-0.05, 0) is 18.4 Å². The fourth-order valence-electron chi connectivity index (χ4n) is 3.25. The van der Waals surface area contributed by atoms with E-state index in [1.807, 2.05) is 29.2 Å². The lowest BCUT2D eigenvalue weighted by Gasteiger charge is -2.48. The van der Waals surface area contributed by atoms with Crippen LogP contribution in [0.25, 0.3) is 21.5 Å². The van der Waals surface area contributed by atoms with Gasteiger partial charge in [0.2, 0.25) is 5.91 Å². The van der Waals surface area contributed by atoms with Crippen LogP contribution in [-0.4, -0.2) is 43.6 Å². The lowest BCUT2D eigenvalue weighted by Crippen LogP contribution is -2.63. The molecule has 1 aliphatic heterocycles. The fraction of sp³-hybridized carbons (Fsp3) is 0.353. The number of nitriles is 1. The highest BCUT2D eigenvalue weighted by Crippen LogP contribution is 2.35. The molecule has 8 heteroatoms. The molecule has 1 aliphatic rings. The minimum Gasteiger partial charge on any atom is -0.338 e. The van der Waals surface area contributed by atoms with E-state index in [9.17, 15) is 10.1 Å². The highest BCUT2D eigenvalue weighted by atomic mass is 32.1. The SMILES string of the molecule is CC(=O)N1CC(CC#N)(n2cc(-c3nc(C)nc4ccsc34)cn2)C1. The van der Waals surface area contributed by atoms with E-state index in [-0.39, 0.29) is 5.91 Å². The number of aryl methyl sites for hydroxylation is 1. The molecule has 0 aliphatic carbocycles. The zero-order chi connectivity index (χ0) is 17.6. The second-order valence-electron chi connectivity index (χ2n) is 6.36. The van der Waals surface area contributed by atoms with E-state index >= 15 is 0 Å². The van der Waals surface area contributed by atoms with Crippen LogP contribution in [-0.2, 0) is 10.3 Å². The number of nitrogens with zero attached hydrogens (tertiary/aromatic N) is 6. The van der Waals surface area contributed by atoms with Gasteiger partial charge in [-0.3, -0.25) is 9.48 Å². The van der Waals surface area contributed by atoms with E-state index in [4.69, 9.17) is 0 Å². The van der Waals surface area contributed by atoms with Crippen molar-refractivity contribution in [1.82, 2.24) is 24.6 Å². The number of hydrogen-bond donors (Lipinski definition) is 0. The standard InChI is InChI=1S/C17H16N6OS/c1-11-20-14-3-6-25-16(14)15(21-11)13-7-19-23(8-13)17(4-5-18)9-22(10-17)12(2)24/h3,6-8H,4,9-10H2,1-2H3. The molecule has 0 bridgehead atoms. The number of rotatable bonds is 3. The van der Waals surface area contributed by atoms with Crippen LogP contribution >= 0.6 is 11.3 Å². The molecule has 126 valence electrons. The molecule has 0 spiro atoms. The highest BCUT2D eigenvalue weighted by molar-refractivity contribution is 7.17. The number of likely N-dealkylation sites (tertiary alicyclic amines) is 1. The topological polar surface area (TPSA) is 87.7 Å². The van der Waals surface area contributed by atoms with Gasteiger partial charge in [0.1, 0.15) is 11.4 Å². The van der Waals surface area contributed by atoms with Gasteiger partial charge in [0.05, 0.1) is 34.6 Å². The molecule has 0 saturated carbocycles. The summed E-state index contributed by atoms with van der Waals surface area (Å²) in [6.45, 7) is 4.43. The van der Waals surface area contributed by atoms with Crippen LogP contribution in [0.3, 0.4) is 0 Å². The van der Waals surface area contributed by atoms with Gasteiger partial charge in [0, 0.05) is 31.8 Å². The van der Waals surface area contributed by atoms with Crippen molar-refractivity contribution in [2.24, 2.45) is 0 Å². The highest BCUT2D eigenvalue weighted by Gasteiger charge is 2.46. The van der Waals surface area contributed by atoms with Crippen molar-refractivity contribution in [3.8, 4) is 17.3 Å². The summed E-state index contributed by atoms with van der Waals surface area (Å²) < 4.78 is 2.85. The Morgan fingerprint density at radius 2 is 2.24 bits per heavy atom. The van der Waals surface area contributed by atoms with E-state index in [0.29, 0.717) is 25.3 Å². The van der Waals surface area contributed by atoms with Crippen molar-refractivity contribution in [2.45, 2.75) is 25.8 Å². The summed E-state index contributed by atoms with van der Waals surface area (Å²) in [6, 6.07) is 4.21. The maximum Gasteiger partial charge on any atom is 0.219 e. The van der Waals surface area contributed by atoms with Gasteiger partial charge in [-0.2, -0.15) is 10.4 Å². The molecule has 0 unspecified atom stereocenters. The van der Waals surface area contributed by atoms with Crippen molar-refractivity contribution in [1.29, 1.82) is 5.26 Å². The maximum absolute atomic E-state index is 11.5. The summed E-state index contributed by atoms with van der Waals surface area (Å²) in [7, 11) is 0. The summed E-state index contributed by atoms with van der Waals surface area (Å²) in [5.41, 5.74) is 2.24. The van der Waals surface area contributed by atoms with Crippen molar-refractivity contribution in [3.63, 3.8) is 0 Å². The Labute approximate surface area is 148 Å². The molecule has 4 heterocycles. The van der Waals surface area contributed by atoms with Crippen molar-refractivity contribution in [2.75, 3.05) is 13.1 Å². The molecule has 0 N–H and O–H groups in total. The largest absolute Gasteiger partial charge is 0.338 e. The third-order valence-electron chi connectivity index (χ3n) is 4.58. The molecule has 1 saturated heterocycles. The predicted molar refractivity (Wildman–Crippen MR) is 93.8 cm³/mol. The minimum absolute atomic E-state index is 0.0210. The number of amides is 1. The summed E-state index contributed by atoms with van der Waals surface area (Å²) in [4.78, 5) is 22.3. The average Bonchev–Trinajstić information content (AvgIpc) is 3.18. The Morgan fingerprint density at radius 3 is 2.96 bits per heavy atom. The quantitative estimate of drug-likeness (QED) is 0.722. The predicted octanol–water partition coefficient (Wildman–Crippen LogP) is 2.33. The van der Waals surface area contributed by atoms with E-state index in [2.05, 4.69) is 21.1 Å². The molecule has 7 nitrogen and oxygen atoms in total. The number of aromatic nitrogens is 4. The number of carbonyl (C=O) groups excluding carboxylic acids is 1. The van der Waals surface area contributed by atoms with Crippen molar-refractivity contribution < 1.29 is 4.79 Å². The normalized spacial score (nSPS) is 15.8. The number of fused-ring (bicyclic) bond motifs is 1. The van der Waals surface area contributed by atoms with Gasteiger partial charge in [-0.1, -0.05) is 0 Å². The number of carbonyl (C=O) groups is 1. The Kier molecular flexibility index (Phi) is 3.54. The van der Waals surface area contributed by atoms with E-state index in [0.717, 1.165) is 21.5 Å². The van der Waals surface area contributed by atoms with Crippen LogP contribution in [0.1, 0.15) is 19.2 Å². The summed E-state index contributed by atoms with van der Waals surface area (Å²) in [5, 5.41) is 15.7. The van der Waals surface area contributed by atoms with Crippen LogP contribution in [0.2, 0.25) is 0 Å². The van der Waals surface area contributed by atoms with Crippen LogP contribution in [0.4, 0.5) is 0 Å². The van der Waals surface area contributed by atoms with Crippen LogP contribution in [0.15, 0.2) is 23.8 Å². The third kappa shape index (κ3) is 2.48. The molecular formula is C17H16N6OS. The summed E-state index contributed by atoms with van der Waals surface area (Å²) in [5.74, 6) is 0.736. The molecule has 1 amide bonds. The summed E-state index contributed by atoms with van der Waals surface area (Å²) in [6.07, 6.45) is 4.02. The Hall–Kier alpha value is -2.79. The fourth-order valence-corrected chi connectivity index (χ4v) is 4.09. The zero-order valence-electron chi connectivity index (χ0n) is 13.9. The van der Waals surface area contributed by atoms with Gasteiger partial charge >= 0.3 is 0 Å². The van der Waals surface area contributed by atoms with Crippen LogP contribution in [0, 0.1) is 18.3 Å². The van der Waals surface area contributed by atoms with Gasteiger partial charge in [0.15, 0.2) is 0 Å². The van der Waals surface area contributed by atoms with Crippen LogP contribution < -0.4 is 0 Å². The minimum atomic E-state index is -0.449. The molecular weight excluding hydrogens is 336 g/mol. The Morgan fingerprint density at radius 1 is 1.44 bits per heavy atom. The first-order chi connectivity index (χ1) is 12.0. The van der Waals surface area contributed by atoms with Gasteiger partial charge in [-0.25, -0.2) is 9.97 Å². The van der Waals surface area contributed by atoms with Gasteiger partial charge in [-0.15, -0.1) is 11.3 Å². The van der Waals surface area contributed by atoms with Crippen LogP contribution in [0.5, 0.6) is 0 Å². The Bertz CT molecular complexity index is 1010. The number of hydrogen-bond acceptors (Lipinski definition) is 6. The lowest BCUT2D eigenvalue weighted by molar-refractivity contribution is -0.140.